The normalized spacial score (nSPS) is 16.6. The molecule has 0 fully saturated rings. The van der Waals surface area contributed by atoms with Gasteiger partial charge in [-0.3, -0.25) is 14.6 Å². The summed E-state index contributed by atoms with van der Waals surface area (Å²) >= 11 is 0. The molecule has 23 heavy (non-hydrogen) atoms. The van der Waals surface area contributed by atoms with Crippen LogP contribution in [0.15, 0.2) is 46.1 Å². The van der Waals surface area contributed by atoms with Crippen molar-refractivity contribution in [3.63, 3.8) is 0 Å². The number of aryl methyl sites for hydroxylation is 2. The van der Waals surface area contributed by atoms with Crippen LogP contribution in [0.5, 0.6) is 0 Å². The molecule has 120 valence electrons. The summed E-state index contributed by atoms with van der Waals surface area (Å²) in [5, 5.41) is 3.05. The van der Waals surface area contributed by atoms with E-state index in [1.54, 1.807) is 0 Å². The maximum atomic E-state index is 12.2. The molecule has 0 bridgehead atoms. The summed E-state index contributed by atoms with van der Waals surface area (Å²) in [4.78, 5) is 36.9. The standard InChI is InChI=1S/C17H19N3O3/c21-15(8-10-20-11-9-16(22)19-17(20)23)18-14-7-3-5-12-4-1-2-6-13(12)14/h1-2,4,6,9,11,14H,3,5,7-8,10H2,(H,18,21)(H,19,22,23)/t14-/m1/s1. The van der Waals surface area contributed by atoms with Gasteiger partial charge in [-0.05, 0) is 30.4 Å². The fourth-order valence-electron chi connectivity index (χ4n) is 3.01. The number of aromatic amines is 1. The number of amides is 1. The minimum atomic E-state index is -0.492. The minimum absolute atomic E-state index is 0.0414. The molecule has 6 heteroatoms. The van der Waals surface area contributed by atoms with Gasteiger partial charge in [0, 0.05) is 25.2 Å². The second kappa shape index (κ2) is 6.64. The molecule has 1 aliphatic rings. The Labute approximate surface area is 133 Å². The lowest BCUT2D eigenvalue weighted by atomic mass is 9.88. The molecule has 0 aliphatic heterocycles. The molecule has 2 N–H and O–H groups in total. The first kappa shape index (κ1) is 15.3. The van der Waals surface area contributed by atoms with Crippen molar-refractivity contribution < 1.29 is 4.79 Å². The zero-order chi connectivity index (χ0) is 16.2. The second-order valence-corrected chi connectivity index (χ2v) is 5.76. The summed E-state index contributed by atoms with van der Waals surface area (Å²) in [7, 11) is 0. The Balaban J connectivity index is 1.62. The highest BCUT2D eigenvalue weighted by Gasteiger charge is 2.21. The van der Waals surface area contributed by atoms with Crippen LogP contribution >= 0.6 is 0 Å². The molecule has 2 aromatic rings. The minimum Gasteiger partial charge on any atom is -0.349 e. The number of nitrogens with one attached hydrogen (secondary N) is 2. The van der Waals surface area contributed by atoms with E-state index >= 15 is 0 Å². The lowest BCUT2D eigenvalue weighted by Crippen LogP contribution is -2.33. The smallest absolute Gasteiger partial charge is 0.328 e. The Morgan fingerprint density at radius 3 is 2.91 bits per heavy atom. The van der Waals surface area contributed by atoms with Gasteiger partial charge in [-0.1, -0.05) is 24.3 Å². The van der Waals surface area contributed by atoms with E-state index in [1.807, 2.05) is 12.1 Å². The Morgan fingerprint density at radius 2 is 2.09 bits per heavy atom. The highest BCUT2D eigenvalue weighted by atomic mass is 16.2. The summed E-state index contributed by atoms with van der Waals surface area (Å²) in [6.45, 7) is 0.246. The molecule has 3 rings (SSSR count). The van der Waals surface area contributed by atoms with Gasteiger partial charge in [0.2, 0.25) is 5.91 Å². The summed E-state index contributed by atoms with van der Waals surface area (Å²) in [5.41, 5.74) is 1.55. The molecule has 1 aromatic heterocycles. The topological polar surface area (TPSA) is 84.0 Å². The lowest BCUT2D eigenvalue weighted by Gasteiger charge is -2.26. The van der Waals surface area contributed by atoms with Crippen LogP contribution in [0.3, 0.4) is 0 Å². The van der Waals surface area contributed by atoms with Gasteiger partial charge in [0.05, 0.1) is 6.04 Å². The molecule has 1 amide bonds. The maximum Gasteiger partial charge on any atom is 0.328 e. The number of H-pyrrole nitrogens is 1. The first-order chi connectivity index (χ1) is 11.1. The van der Waals surface area contributed by atoms with Gasteiger partial charge in [0.25, 0.3) is 5.56 Å². The van der Waals surface area contributed by atoms with Crippen LogP contribution in [-0.4, -0.2) is 15.5 Å². The maximum absolute atomic E-state index is 12.2. The summed E-state index contributed by atoms with van der Waals surface area (Å²) in [6.07, 6.45) is 4.65. The molecule has 1 aromatic carbocycles. The van der Waals surface area contributed by atoms with Crippen molar-refractivity contribution in [2.24, 2.45) is 0 Å². The van der Waals surface area contributed by atoms with Crippen molar-refractivity contribution in [1.29, 1.82) is 0 Å². The van der Waals surface area contributed by atoms with Crippen LogP contribution in [-0.2, 0) is 17.8 Å². The first-order valence-corrected chi connectivity index (χ1v) is 7.80. The molecular weight excluding hydrogens is 294 g/mol. The molecule has 1 aliphatic carbocycles. The van der Waals surface area contributed by atoms with Gasteiger partial charge in [-0.15, -0.1) is 0 Å². The van der Waals surface area contributed by atoms with E-state index in [1.165, 1.54) is 28.0 Å². The second-order valence-electron chi connectivity index (χ2n) is 5.76. The number of hydrogen-bond donors (Lipinski definition) is 2. The predicted molar refractivity (Wildman–Crippen MR) is 86.2 cm³/mol. The van der Waals surface area contributed by atoms with Crippen molar-refractivity contribution in [3.05, 3.63) is 68.5 Å². The van der Waals surface area contributed by atoms with Crippen molar-refractivity contribution in [3.8, 4) is 0 Å². The Hall–Kier alpha value is -2.63. The third kappa shape index (κ3) is 3.59. The van der Waals surface area contributed by atoms with E-state index in [0.29, 0.717) is 0 Å². The van der Waals surface area contributed by atoms with Crippen LogP contribution in [0.1, 0.15) is 36.4 Å². The van der Waals surface area contributed by atoms with Crippen LogP contribution < -0.4 is 16.6 Å². The monoisotopic (exact) mass is 313 g/mol. The SMILES string of the molecule is O=C(CCn1ccc(=O)[nH]c1=O)N[C@@H]1CCCc2ccccc21. The van der Waals surface area contributed by atoms with Gasteiger partial charge in [0.15, 0.2) is 0 Å². The number of nitrogens with zero attached hydrogens (tertiary/aromatic N) is 1. The average molecular weight is 313 g/mol. The number of carbonyl (C=O) groups is 1. The Kier molecular flexibility index (Phi) is 4.41. The number of rotatable bonds is 4. The van der Waals surface area contributed by atoms with E-state index in [9.17, 15) is 14.4 Å². The Bertz CT molecular complexity index is 822. The van der Waals surface area contributed by atoms with E-state index in [0.717, 1.165) is 19.3 Å². The third-order valence-corrected chi connectivity index (χ3v) is 4.18. The van der Waals surface area contributed by atoms with E-state index in [-0.39, 0.29) is 24.9 Å². The molecule has 0 unspecified atom stereocenters. The van der Waals surface area contributed by atoms with E-state index in [2.05, 4.69) is 22.4 Å². The van der Waals surface area contributed by atoms with Crippen LogP contribution in [0.2, 0.25) is 0 Å². The highest BCUT2D eigenvalue weighted by molar-refractivity contribution is 5.76. The lowest BCUT2D eigenvalue weighted by molar-refractivity contribution is -0.122. The summed E-state index contributed by atoms with van der Waals surface area (Å²) in [6, 6.07) is 9.49. The number of aromatic nitrogens is 2. The molecule has 6 nitrogen and oxygen atoms in total. The largest absolute Gasteiger partial charge is 0.349 e. The van der Waals surface area contributed by atoms with Crippen LogP contribution in [0.4, 0.5) is 0 Å². The van der Waals surface area contributed by atoms with Crippen molar-refractivity contribution in [2.45, 2.75) is 38.3 Å². The number of carbonyl (C=O) groups excluding carboxylic acids is 1. The molecule has 0 spiro atoms. The van der Waals surface area contributed by atoms with Gasteiger partial charge >= 0.3 is 5.69 Å². The predicted octanol–water partition coefficient (Wildman–Crippen LogP) is 1.12. The van der Waals surface area contributed by atoms with Crippen molar-refractivity contribution in [2.75, 3.05) is 0 Å². The zero-order valence-electron chi connectivity index (χ0n) is 12.7. The molecule has 1 heterocycles. The molecule has 0 saturated heterocycles. The Morgan fingerprint density at radius 1 is 1.26 bits per heavy atom. The van der Waals surface area contributed by atoms with Gasteiger partial charge in [-0.25, -0.2) is 4.79 Å². The fourth-order valence-corrected chi connectivity index (χ4v) is 3.01. The van der Waals surface area contributed by atoms with Crippen LogP contribution in [0.25, 0.3) is 0 Å². The third-order valence-electron chi connectivity index (χ3n) is 4.18. The average Bonchev–Trinajstić information content (AvgIpc) is 2.54. The van der Waals surface area contributed by atoms with Gasteiger partial charge in [-0.2, -0.15) is 0 Å². The van der Waals surface area contributed by atoms with Crippen molar-refractivity contribution >= 4 is 5.91 Å². The summed E-state index contributed by atoms with van der Waals surface area (Å²) < 4.78 is 1.33. The highest BCUT2D eigenvalue weighted by Crippen LogP contribution is 2.29. The van der Waals surface area contributed by atoms with Gasteiger partial charge < -0.3 is 9.88 Å². The first-order valence-electron chi connectivity index (χ1n) is 7.80. The fraction of sp³-hybridized carbons (Fsp3) is 0.353. The van der Waals surface area contributed by atoms with Crippen molar-refractivity contribution in [1.82, 2.24) is 14.9 Å². The summed E-state index contributed by atoms with van der Waals surface area (Å²) in [5.74, 6) is -0.0928. The van der Waals surface area contributed by atoms with E-state index in [4.69, 9.17) is 0 Å². The van der Waals surface area contributed by atoms with E-state index < -0.39 is 11.2 Å². The quantitative estimate of drug-likeness (QED) is 0.887. The number of fused-ring (bicyclic) bond motifs is 1. The van der Waals surface area contributed by atoms with Crippen LogP contribution in [0, 0.1) is 0 Å². The molecule has 0 radical (unpaired) electrons. The zero-order valence-corrected chi connectivity index (χ0v) is 12.7. The van der Waals surface area contributed by atoms with Gasteiger partial charge in [0.1, 0.15) is 0 Å². The molecular formula is C17H19N3O3. The number of benzene rings is 1. The number of hydrogen-bond acceptors (Lipinski definition) is 3. The molecule has 0 saturated carbocycles. The molecule has 1 atom stereocenters.